The van der Waals surface area contributed by atoms with E-state index >= 15 is 0 Å². The van der Waals surface area contributed by atoms with E-state index in [1.807, 2.05) is 20.8 Å². The molecule has 1 atom stereocenters. The van der Waals surface area contributed by atoms with Crippen molar-refractivity contribution in [3.05, 3.63) is 12.3 Å². The second-order valence-electron chi connectivity index (χ2n) is 5.61. The predicted octanol–water partition coefficient (Wildman–Crippen LogP) is 1.12. The summed E-state index contributed by atoms with van der Waals surface area (Å²) in [5, 5.41) is 0. The molecule has 6 heteroatoms. The molecular weight excluding hydrogens is 270 g/mol. The smallest absolute Gasteiger partial charge is 0.270 e. The number of nitrogens with zero attached hydrogens (tertiary/aromatic N) is 2. The third kappa shape index (κ3) is 5.57. The van der Waals surface area contributed by atoms with E-state index in [0.717, 1.165) is 0 Å². The van der Waals surface area contributed by atoms with E-state index < -0.39 is 17.9 Å². The third-order valence-electron chi connectivity index (χ3n) is 3.30. The van der Waals surface area contributed by atoms with Crippen LogP contribution in [-0.2, 0) is 14.4 Å². The molecule has 0 unspecified atom stereocenters. The predicted molar refractivity (Wildman–Crippen MR) is 82.0 cm³/mol. The standard InChI is InChI=1S/C15H27N3O3/c1-7-8-13(19)17(5)11(4)15(21)18(6)12(14(16)20)9-10(2)3/h10,12H,4,7-9H2,1-3,5-6H3,(H2,16,20)/t12-/m0/s1. The van der Waals surface area contributed by atoms with Crippen molar-refractivity contribution in [1.82, 2.24) is 9.80 Å². The topological polar surface area (TPSA) is 83.7 Å². The molecule has 0 aromatic rings. The quantitative estimate of drug-likeness (QED) is 0.681. The molecule has 0 aliphatic rings. The maximum absolute atomic E-state index is 12.3. The molecule has 0 heterocycles. The van der Waals surface area contributed by atoms with Gasteiger partial charge in [-0.05, 0) is 18.8 Å². The summed E-state index contributed by atoms with van der Waals surface area (Å²) in [6.07, 6.45) is 1.51. The molecule has 0 aromatic heterocycles. The van der Waals surface area contributed by atoms with Crippen LogP contribution in [0, 0.1) is 5.92 Å². The van der Waals surface area contributed by atoms with Crippen LogP contribution in [0.3, 0.4) is 0 Å². The highest BCUT2D eigenvalue weighted by Crippen LogP contribution is 2.14. The van der Waals surface area contributed by atoms with Gasteiger partial charge in [0.15, 0.2) is 0 Å². The lowest BCUT2D eigenvalue weighted by Gasteiger charge is -2.29. The van der Waals surface area contributed by atoms with Crippen molar-refractivity contribution < 1.29 is 14.4 Å². The average molecular weight is 297 g/mol. The maximum atomic E-state index is 12.3. The van der Waals surface area contributed by atoms with Gasteiger partial charge in [0.05, 0.1) is 0 Å². The summed E-state index contributed by atoms with van der Waals surface area (Å²) in [6, 6.07) is -0.705. The van der Waals surface area contributed by atoms with Crippen LogP contribution in [0.15, 0.2) is 12.3 Å². The summed E-state index contributed by atoms with van der Waals surface area (Å²) in [6.45, 7) is 9.43. The molecule has 0 rings (SSSR count). The number of primary amides is 1. The van der Waals surface area contributed by atoms with E-state index in [9.17, 15) is 14.4 Å². The zero-order valence-corrected chi connectivity index (χ0v) is 13.7. The van der Waals surface area contributed by atoms with Crippen LogP contribution in [0.5, 0.6) is 0 Å². The molecule has 2 N–H and O–H groups in total. The van der Waals surface area contributed by atoms with Crippen molar-refractivity contribution in [2.45, 2.75) is 46.1 Å². The molecule has 120 valence electrons. The number of nitrogens with two attached hydrogens (primary N) is 1. The zero-order chi connectivity index (χ0) is 16.7. The fraction of sp³-hybridized carbons (Fsp3) is 0.667. The lowest BCUT2D eigenvalue weighted by atomic mass is 10.0. The van der Waals surface area contributed by atoms with E-state index in [1.165, 1.54) is 23.9 Å². The Morgan fingerprint density at radius 2 is 1.71 bits per heavy atom. The molecule has 3 amide bonds. The minimum absolute atomic E-state index is 0.0472. The van der Waals surface area contributed by atoms with Gasteiger partial charge < -0.3 is 15.5 Å². The second-order valence-corrected chi connectivity index (χ2v) is 5.61. The van der Waals surface area contributed by atoms with Crippen LogP contribution in [0.4, 0.5) is 0 Å². The lowest BCUT2D eigenvalue weighted by Crippen LogP contribution is -2.48. The van der Waals surface area contributed by atoms with E-state index in [1.54, 1.807) is 0 Å². The van der Waals surface area contributed by atoms with Crippen LogP contribution >= 0.6 is 0 Å². The fourth-order valence-electron chi connectivity index (χ4n) is 1.93. The van der Waals surface area contributed by atoms with Crippen molar-refractivity contribution in [3.8, 4) is 0 Å². The van der Waals surface area contributed by atoms with Gasteiger partial charge >= 0.3 is 0 Å². The van der Waals surface area contributed by atoms with E-state index in [2.05, 4.69) is 6.58 Å². The Labute approximate surface area is 127 Å². The Morgan fingerprint density at radius 1 is 1.19 bits per heavy atom. The Kier molecular flexibility index (Phi) is 7.70. The Morgan fingerprint density at radius 3 is 2.10 bits per heavy atom. The first-order chi connectivity index (χ1) is 9.63. The molecule has 0 radical (unpaired) electrons. The molecule has 0 bridgehead atoms. The van der Waals surface area contributed by atoms with Crippen LogP contribution in [0.25, 0.3) is 0 Å². The number of hydrogen-bond acceptors (Lipinski definition) is 3. The number of hydrogen-bond donors (Lipinski definition) is 1. The summed E-state index contributed by atoms with van der Waals surface area (Å²) < 4.78 is 0. The molecular formula is C15H27N3O3. The normalized spacial score (nSPS) is 11.9. The average Bonchev–Trinajstić information content (AvgIpc) is 2.41. The summed E-state index contributed by atoms with van der Waals surface area (Å²) in [5.41, 5.74) is 5.41. The monoisotopic (exact) mass is 297 g/mol. The van der Waals surface area contributed by atoms with Gasteiger partial charge in [-0.3, -0.25) is 14.4 Å². The number of rotatable bonds is 8. The highest BCUT2D eigenvalue weighted by Gasteiger charge is 2.29. The van der Waals surface area contributed by atoms with E-state index in [4.69, 9.17) is 5.73 Å². The summed E-state index contributed by atoms with van der Waals surface area (Å²) in [5.74, 6) is -0.990. The van der Waals surface area contributed by atoms with Crippen molar-refractivity contribution >= 4 is 17.7 Å². The van der Waals surface area contributed by atoms with Gasteiger partial charge in [0.2, 0.25) is 11.8 Å². The first kappa shape index (κ1) is 19.1. The minimum Gasteiger partial charge on any atom is -0.368 e. The number of carbonyl (C=O) groups excluding carboxylic acids is 3. The second kappa shape index (κ2) is 8.44. The summed E-state index contributed by atoms with van der Waals surface area (Å²) in [7, 11) is 3.01. The van der Waals surface area contributed by atoms with Gasteiger partial charge in [-0.1, -0.05) is 27.4 Å². The number of likely N-dealkylation sites (N-methyl/N-ethyl adjacent to an activating group) is 2. The lowest BCUT2D eigenvalue weighted by molar-refractivity contribution is -0.139. The van der Waals surface area contributed by atoms with Gasteiger partial charge in [-0.25, -0.2) is 0 Å². The van der Waals surface area contributed by atoms with Crippen molar-refractivity contribution in [3.63, 3.8) is 0 Å². The van der Waals surface area contributed by atoms with Gasteiger partial charge in [-0.2, -0.15) is 0 Å². The molecule has 0 saturated carbocycles. The number of amides is 3. The number of carbonyl (C=O) groups is 3. The van der Waals surface area contributed by atoms with Gasteiger partial charge in [0.1, 0.15) is 11.7 Å². The zero-order valence-electron chi connectivity index (χ0n) is 13.7. The Bertz CT molecular complexity index is 418. The highest BCUT2D eigenvalue weighted by molar-refractivity contribution is 5.98. The van der Waals surface area contributed by atoms with Crippen LogP contribution in [0.2, 0.25) is 0 Å². The van der Waals surface area contributed by atoms with Gasteiger partial charge in [-0.15, -0.1) is 0 Å². The van der Waals surface area contributed by atoms with Crippen LogP contribution in [-0.4, -0.2) is 47.7 Å². The van der Waals surface area contributed by atoms with E-state index in [0.29, 0.717) is 19.3 Å². The van der Waals surface area contributed by atoms with Gasteiger partial charge in [0, 0.05) is 20.5 Å². The van der Waals surface area contributed by atoms with Gasteiger partial charge in [0.25, 0.3) is 5.91 Å². The Balaban J connectivity index is 4.99. The fourth-order valence-corrected chi connectivity index (χ4v) is 1.93. The molecule has 0 aromatic carbocycles. The summed E-state index contributed by atoms with van der Waals surface area (Å²) in [4.78, 5) is 38.2. The van der Waals surface area contributed by atoms with Crippen molar-refractivity contribution in [2.24, 2.45) is 11.7 Å². The third-order valence-corrected chi connectivity index (χ3v) is 3.30. The van der Waals surface area contributed by atoms with Crippen LogP contribution < -0.4 is 5.73 Å². The molecule has 0 spiro atoms. The summed E-state index contributed by atoms with van der Waals surface area (Å²) >= 11 is 0. The van der Waals surface area contributed by atoms with Crippen LogP contribution in [0.1, 0.15) is 40.0 Å². The molecule has 0 aliphatic heterocycles. The highest BCUT2D eigenvalue weighted by atomic mass is 16.2. The molecule has 21 heavy (non-hydrogen) atoms. The van der Waals surface area contributed by atoms with E-state index in [-0.39, 0.29) is 17.5 Å². The van der Waals surface area contributed by atoms with Crippen molar-refractivity contribution in [1.29, 1.82) is 0 Å². The molecule has 6 nitrogen and oxygen atoms in total. The SMILES string of the molecule is C=C(C(=O)N(C)[C@@H](CC(C)C)C(N)=O)N(C)C(=O)CCC. The molecule has 0 fully saturated rings. The largest absolute Gasteiger partial charge is 0.368 e. The molecule has 0 saturated heterocycles. The maximum Gasteiger partial charge on any atom is 0.270 e. The Hall–Kier alpha value is -1.85. The first-order valence-corrected chi connectivity index (χ1v) is 7.15. The minimum atomic E-state index is -0.705. The van der Waals surface area contributed by atoms with Crippen molar-refractivity contribution in [2.75, 3.05) is 14.1 Å². The molecule has 0 aliphatic carbocycles. The first-order valence-electron chi connectivity index (χ1n) is 7.15.